The molecule has 1 atom stereocenters. The molecule has 0 aliphatic rings. The molecule has 0 unspecified atom stereocenters. The van der Waals surface area contributed by atoms with Crippen LogP contribution in [0.1, 0.15) is 35.3 Å². The first-order chi connectivity index (χ1) is 9.60. The molecule has 104 valence electrons. The second-order valence-corrected chi connectivity index (χ2v) is 5.38. The van der Waals surface area contributed by atoms with Gasteiger partial charge in [0.2, 0.25) is 0 Å². The third-order valence-electron chi connectivity index (χ3n) is 3.04. The lowest BCUT2D eigenvalue weighted by Crippen LogP contribution is -2.28. The number of hydrogen-bond acceptors (Lipinski definition) is 1. The lowest BCUT2D eigenvalue weighted by molar-refractivity contribution is 0.0935. The number of nitrogens with one attached hydrogen (secondary N) is 1. The van der Waals surface area contributed by atoms with Crippen molar-refractivity contribution in [3.8, 4) is 0 Å². The van der Waals surface area contributed by atoms with E-state index in [-0.39, 0.29) is 11.9 Å². The van der Waals surface area contributed by atoms with Crippen LogP contribution in [0.5, 0.6) is 0 Å². The van der Waals surface area contributed by atoms with Gasteiger partial charge in [-0.2, -0.15) is 0 Å². The molecule has 0 fully saturated rings. The van der Waals surface area contributed by atoms with Crippen LogP contribution in [0.25, 0.3) is 0 Å². The van der Waals surface area contributed by atoms with Gasteiger partial charge in [-0.1, -0.05) is 60.5 Å². The average Bonchev–Trinajstić information content (AvgIpc) is 2.44. The predicted octanol–water partition coefficient (Wildman–Crippen LogP) is 4.87. The minimum Gasteiger partial charge on any atom is -0.345 e. The topological polar surface area (TPSA) is 29.1 Å². The van der Waals surface area contributed by atoms with Crippen LogP contribution >= 0.6 is 23.2 Å². The van der Waals surface area contributed by atoms with Crippen LogP contribution in [0.3, 0.4) is 0 Å². The molecule has 0 aliphatic carbocycles. The number of halogens is 2. The Hall–Kier alpha value is -1.51. The summed E-state index contributed by atoms with van der Waals surface area (Å²) in [6.45, 7) is 2.03. The molecule has 0 radical (unpaired) electrons. The van der Waals surface area contributed by atoms with E-state index in [9.17, 15) is 4.79 Å². The highest BCUT2D eigenvalue weighted by molar-refractivity contribution is 6.35. The van der Waals surface area contributed by atoms with E-state index in [1.807, 2.05) is 37.3 Å². The zero-order valence-electron chi connectivity index (χ0n) is 11.1. The molecule has 1 N–H and O–H groups in total. The van der Waals surface area contributed by atoms with Crippen LogP contribution in [0.15, 0.2) is 48.5 Å². The molecular weight excluding hydrogens is 293 g/mol. The van der Waals surface area contributed by atoms with Crippen molar-refractivity contribution in [1.82, 2.24) is 5.32 Å². The monoisotopic (exact) mass is 307 g/mol. The molecule has 1 amide bonds. The fourth-order valence-electron chi connectivity index (χ4n) is 2.03. The zero-order chi connectivity index (χ0) is 14.5. The van der Waals surface area contributed by atoms with E-state index in [0.717, 1.165) is 12.0 Å². The molecule has 0 aromatic heterocycles. The summed E-state index contributed by atoms with van der Waals surface area (Å²) in [4.78, 5) is 12.3. The highest BCUT2D eigenvalue weighted by Gasteiger charge is 2.14. The lowest BCUT2D eigenvalue weighted by Gasteiger charge is -2.17. The predicted molar refractivity (Wildman–Crippen MR) is 83.4 cm³/mol. The maximum atomic E-state index is 12.3. The van der Waals surface area contributed by atoms with Crippen molar-refractivity contribution in [2.45, 2.75) is 19.4 Å². The molecule has 0 bridgehead atoms. The fraction of sp³-hybridized carbons (Fsp3) is 0.188. The van der Waals surface area contributed by atoms with Gasteiger partial charge < -0.3 is 5.32 Å². The van der Waals surface area contributed by atoms with Crippen molar-refractivity contribution in [2.24, 2.45) is 0 Å². The molecule has 20 heavy (non-hydrogen) atoms. The Morgan fingerprint density at radius 2 is 1.70 bits per heavy atom. The highest BCUT2D eigenvalue weighted by Crippen LogP contribution is 2.21. The van der Waals surface area contributed by atoms with Crippen molar-refractivity contribution in [3.05, 3.63) is 69.7 Å². The SMILES string of the molecule is CC[C@H](NC(=O)c1cc(Cl)cc(Cl)c1)c1ccccc1. The Kier molecular flexibility index (Phi) is 5.05. The largest absolute Gasteiger partial charge is 0.345 e. The number of carbonyl (C=O) groups is 1. The Morgan fingerprint density at radius 1 is 1.10 bits per heavy atom. The van der Waals surface area contributed by atoms with Gasteiger partial charge in [0.25, 0.3) is 5.91 Å². The standard InChI is InChI=1S/C16H15Cl2NO/c1-2-15(11-6-4-3-5-7-11)19-16(20)12-8-13(17)10-14(18)9-12/h3-10,15H,2H2,1H3,(H,19,20)/t15-/m0/s1. The normalized spacial score (nSPS) is 11.9. The number of carbonyl (C=O) groups excluding carboxylic acids is 1. The fourth-order valence-corrected chi connectivity index (χ4v) is 2.56. The van der Waals surface area contributed by atoms with Crippen molar-refractivity contribution < 1.29 is 4.79 Å². The van der Waals surface area contributed by atoms with E-state index in [0.29, 0.717) is 15.6 Å². The number of amides is 1. The van der Waals surface area contributed by atoms with Crippen LogP contribution in [0.2, 0.25) is 10.0 Å². The van der Waals surface area contributed by atoms with Crippen LogP contribution in [-0.2, 0) is 0 Å². The highest BCUT2D eigenvalue weighted by atomic mass is 35.5. The second-order valence-electron chi connectivity index (χ2n) is 4.50. The van der Waals surface area contributed by atoms with Crippen molar-refractivity contribution in [1.29, 1.82) is 0 Å². The molecule has 2 aromatic carbocycles. The summed E-state index contributed by atoms with van der Waals surface area (Å²) >= 11 is 11.8. The average molecular weight is 308 g/mol. The van der Waals surface area contributed by atoms with Gasteiger partial charge in [-0.3, -0.25) is 4.79 Å². The zero-order valence-corrected chi connectivity index (χ0v) is 12.6. The molecule has 2 rings (SSSR count). The summed E-state index contributed by atoms with van der Waals surface area (Å²) in [6.07, 6.45) is 0.810. The smallest absolute Gasteiger partial charge is 0.251 e. The first-order valence-corrected chi connectivity index (χ1v) is 7.17. The van der Waals surface area contributed by atoms with Gasteiger partial charge in [-0.05, 0) is 30.2 Å². The molecule has 4 heteroatoms. The van der Waals surface area contributed by atoms with E-state index in [2.05, 4.69) is 5.32 Å². The van der Waals surface area contributed by atoms with Gasteiger partial charge in [-0.25, -0.2) is 0 Å². The Bertz CT molecular complexity index is 578. The molecule has 0 saturated heterocycles. The Labute approximate surface area is 128 Å². The van der Waals surface area contributed by atoms with Gasteiger partial charge in [0.15, 0.2) is 0 Å². The van der Waals surface area contributed by atoms with Crippen molar-refractivity contribution in [2.75, 3.05) is 0 Å². The number of hydrogen-bond donors (Lipinski definition) is 1. The van der Waals surface area contributed by atoms with Crippen molar-refractivity contribution >= 4 is 29.1 Å². The Balaban J connectivity index is 2.17. The van der Waals surface area contributed by atoms with E-state index >= 15 is 0 Å². The van der Waals surface area contributed by atoms with E-state index in [1.165, 1.54) is 0 Å². The Morgan fingerprint density at radius 3 is 2.25 bits per heavy atom. The summed E-state index contributed by atoms with van der Waals surface area (Å²) in [5, 5.41) is 3.91. The first kappa shape index (κ1) is 14.9. The molecule has 0 aliphatic heterocycles. The summed E-state index contributed by atoms with van der Waals surface area (Å²) < 4.78 is 0. The second kappa shape index (κ2) is 6.78. The molecule has 0 spiro atoms. The summed E-state index contributed by atoms with van der Waals surface area (Å²) in [6, 6.07) is 14.7. The third kappa shape index (κ3) is 3.75. The summed E-state index contributed by atoms with van der Waals surface area (Å²) in [7, 11) is 0. The van der Waals surface area contributed by atoms with Crippen LogP contribution in [0, 0.1) is 0 Å². The van der Waals surface area contributed by atoms with E-state index < -0.39 is 0 Å². The van der Waals surface area contributed by atoms with Gasteiger partial charge >= 0.3 is 0 Å². The summed E-state index contributed by atoms with van der Waals surface area (Å²) in [5.74, 6) is -0.176. The first-order valence-electron chi connectivity index (χ1n) is 6.42. The maximum Gasteiger partial charge on any atom is 0.251 e. The quantitative estimate of drug-likeness (QED) is 0.857. The molecule has 2 aromatic rings. The maximum absolute atomic E-state index is 12.3. The van der Waals surface area contributed by atoms with Crippen LogP contribution < -0.4 is 5.32 Å². The van der Waals surface area contributed by atoms with Crippen molar-refractivity contribution in [3.63, 3.8) is 0 Å². The van der Waals surface area contributed by atoms with Crippen LogP contribution in [0.4, 0.5) is 0 Å². The molecule has 2 nitrogen and oxygen atoms in total. The number of rotatable bonds is 4. The molecule has 0 heterocycles. The van der Waals surface area contributed by atoms with Gasteiger partial charge in [0, 0.05) is 15.6 Å². The third-order valence-corrected chi connectivity index (χ3v) is 3.48. The minimum absolute atomic E-state index is 0.0264. The lowest BCUT2D eigenvalue weighted by atomic mass is 10.0. The molecule has 0 saturated carbocycles. The van der Waals surface area contributed by atoms with Gasteiger partial charge in [0.05, 0.1) is 6.04 Å². The van der Waals surface area contributed by atoms with Gasteiger partial charge in [0.1, 0.15) is 0 Å². The number of benzene rings is 2. The molecular formula is C16H15Cl2NO. The minimum atomic E-state index is -0.176. The van der Waals surface area contributed by atoms with E-state index in [4.69, 9.17) is 23.2 Å². The van der Waals surface area contributed by atoms with Crippen LogP contribution in [-0.4, -0.2) is 5.91 Å². The summed E-state index contributed by atoms with van der Waals surface area (Å²) in [5.41, 5.74) is 1.55. The van der Waals surface area contributed by atoms with Gasteiger partial charge in [-0.15, -0.1) is 0 Å². The van der Waals surface area contributed by atoms with E-state index in [1.54, 1.807) is 18.2 Å².